The monoisotopic (exact) mass is 353 g/mol. The van der Waals surface area contributed by atoms with E-state index in [0.717, 1.165) is 6.42 Å². The molecule has 0 aromatic rings. The van der Waals surface area contributed by atoms with Crippen molar-refractivity contribution < 1.29 is 14.4 Å². The zero-order valence-corrected chi connectivity index (χ0v) is 16.8. The van der Waals surface area contributed by atoms with Crippen molar-refractivity contribution in [1.82, 2.24) is 10.2 Å². The van der Waals surface area contributed by atoms with E-state index in [4.69, 9.17) is 5.73 Å². The Morgan fingerprint density at radius 3 is 2.08 bits per heavy atom. The highest BCUT2D eigenvalue weighted by molar-refractivity contribution is 5.99. The summed E-state index contributed by atoms with van der Waals surface area (Å²) in [6.07, 6.45) is 2.73. The van der Waals surface area contributed by atoms with Gasteiger partial charge in [-0.15, -0.1) is 0 Å². The van der Waals surface area contributed by atoms with E-state index < -0.39 is 22.9 Å². The number of nitrogens with zero attached hydrogens (tertiary/aromatic N) is 1. The molecular formula is C19H35N3O3. The van der Waals surface area contributed by atoms with Gasteiger partial charge in [-0.1, -0.05) is 27.2 Å². The number of Topliss-reactive ketones (excluding diaryl/α,β-unsaturated/α-hetero) is 1. The molecular weight excluding hydrogens is 318 g/mol. The van der Waals surface area contributed by atoms with Crippen molar-refractivity contribution in [2.24, 2.45) is 22.5 Å². The predicted molar refractivity (Wildman–Crippen MR) is 98.8 cm³/mol. The van der Waals surface area contributed by atoms with Crippen LogP contribution in [0.2, 0.25) is 0 Å². The van der Waals surface area contributed by atoms with Crippen LogP contribution in [-0.4, -0.2) is 48.7 Å². The second-order valence-electron chi connectivity index (χ2n) is 8.55. The minimum absolute atomic E-state index is 0.0316. The van der Waals surface area contributed by atoms with Gasteiger partial charge >= 0.3 is 0 Å². The highest BCUT2D eigenvalue weighted by Crippen LogP contribution is 2.54. The third-order valence-electron chi connectivity index (χ3n) is 5.81. The van der Waals surface area contributed by atoms with Crippen LogP contribution >= 0.6 is 0 Å². The van der Waals surface area contributed by atoms with E-state index in [-0.39, 0.29) is 17.6 Å². The number of ketones is 1. The van der Waals surface area contributed by atoms with Gasteiger partial charge in [-0.2, -0.15) is 0 Å². The third-order valence-corrected chi connectivity index (χ3v) is 5.81. The van der Waals surface area contributed by atoms with Gasteiger partial charge in [-0.25, -0.2) is 0 Å². The van der Waals surface area contributed by atoms with Gasteiger partial charge in [0, 0.05) is 19.5 Å². The lowest BCUT2D eigenvalue weighted by Crippen LogP contribution is -2.56. The topological polar surface area (TPSA) is 92.5 Å². The minimum atomic E-state index is -0.788. The van der Waals surface area contributed by atoms with Gasteiger partial charge < -0.3 is 16.0 Å². The Hall–Kier alpha value is -1.43. The molecule has 1 aliphatic carbocycles. The average molecular weight is 354 g/mol. The molecule has 0 radical (unpaired) electrons. The first kappa shape index (κ1) is 21.6. The van der Waals surface area contributed by atoms with Gasteiger partial charge in [0.05, 0.1) is 17.5 Å². The number of nitrogens with two attached hydrogens (primary N) is 1. The van der Waals surface area contributed by atoms with Crippen LogP contribution in [-0.2, 0) is 14.4 Å². The maximum atomic E-state index is 13.2. The average Bonchev–Trinajstić information content (AvgIpc) is 2.82. The number of nitrogens with one attached hydrogen (secondary N) is 1. The summed E-state index contributed by atoms with van der Waals surface area (Å²) in [6, 6.07) is -1.29. The fraction of sp³-hybridized carbons (Fsp3) is 0.842. The lowest BCUT2D eigenvalue weighted by atomic mass is 9.63. The van der Waals surface area contributed by atoms with Crippen LogP contribution in [0.25, 0.3) is 0 Å². The Balaban J connectivity index is 2.93. The predicted octanol–water partition coefficient (Wildman–Crippen LogP) is 1.72. The largest absolute Gasteiger partial charge is 0.348 e. The van der Waals surface area contributed by atoms with E-state index in [9.17, 15) is 14.4 Å². The highest BCUT2D eigenvalue weighted by atomic mass is 16.2. The molecule has 144 valence electrons. The fourth-order valence-electron chi connectivity index (χ4n) is 4.06. The molecule has 1 fully saturated rings. The van der Waals surface area contributed by atoms with Gasteiger partial charge in [0.1, 0.15) is 0 Å². The van der Waals surface area contributed by atoms with Gasteiger partial charge in [-0.3, -0.25) is 14.4 Å². The second kappa shape index (κ2) is 7.85. The van der Waals surface area contributed by atoms with Crippen molar-refractivity contribution >= 4 is 17.6 Å². The number of carbonyl (C=O) groups is 3. The molecule has 0 bridgehead atoms. The maximum Gasteiger partial charge on any atom is 0.237 e. The summed E-state index contributed by atoms with van der Waals surface area (Å²) in [5.41, 5.74) is 4.38. The summed E-state index contributed by atoms with van der Waals surface area (Å²) in [5, 5.41) is 2.75. The molecule has 25 heavy (non-hydrogen) atoms. The molecule has 3 N–H and O–H groups in total. The van der Waals surface area contributed by atoms with Crippen molar-refractivity contribution in [2.75, 3.05) is 14.1 Å². The molecule has 2 unspecified atom stereocenters. The SMILES string of the molecule is CC(C)C[C@H](N)C(=O)N[C@H](C)C(=O)C1(C)CCCC1(C)C(=O)N(C)C. The quantitative estimate of drug-likeness (QED) is 0.729. The molecule has 0 aromatic heterocycles. The van der Waals surface area contributed by atoms with E-state index >= 15 is 0 Å². The zero-order chi connectivity index (χ0) is 19.6. The van der Waals surface area contributed by atoms with Crippen LogP contribution in [0, 0.1) is 16.7 Å². The molecule has 0 aromatic carbocycles. The lowest BCUT2D eigenvalue weighted by Gasteiger charge is -2.41. The molecule has 1 saturated carbocycles. The van der Waals surface area contributed by atoms with Crippen LogP contribution in [0.5, 0.6) is 0 Å². The Morgan fingerprint density at radius 2 is 1.60 bits per heavy atom. The minimum Gasteiger partial charge on any atom is -0.348 e. The van der Waals surface area contributed by atoms with E-state index in [1.54, 1.807) is 25.9 Å². The summed E-state index contributed by atoms with van der Waals surface area (Å²) >= 11 is 0. The molecule has 2 amide bonds. The molecule has 0 heterocycles. The summed E-state index contributed by atoms with van der Waals surface area (Å²) in [6.45, 7) is 9.42. The Kier molecular flexibility index (Phi) is 6.79. The van der Waals surface area contributed by atoms with Crippen LogP contribution in [0.4, 0.5) is 0 Å². The molecule has 0 spiro atoms. The summed E-state index contributed by atoms with van der Waals surface area (Å²) in [4.78, 5) is 39.7. The molecule has 0 aliphatic heterocycles. The normalized spacial score (nSPS) is 28.5. The van der Waals surface area contributed by atoms with E-state index in [1.807, 2.05) is 27.7 Å². The van der Waals surface area contributed by atoms with Crippen LogP contribution in [0.1, 0.15) is 60.3 Å². The first-order valence-electron chi connectivity index (χ1n) is 9.19. The van der Waals surface area contributed by atoms with Gasteiger partial charge in [0.25, 0.3) is 0 Å². The maximum absolute atomic E-state index is 13.2. The fourth-order valence-corrected chi connectivity index (χ4v) is 4.06. The Labute approximate surface area is 151 Å². The van der Waals surface area contributed by atoms with Crippen molar-refractivity contribution in [3.63, 3.8) is 0 Å². The second-order valence-corrected chi connectivity index (χ2v) is 8.55. The summed E-state index contributed by atoms with van der Waals surface area (Å²) in [7, 11) is 3.43. The molecule has 0 saturated heterocycles. The van der Waals surface area contributed by atoms with Gasteiger partial charge in [-0.05, 0) is 39.0 Å². The van der Waals surface area contributed by atoms with Gasteiger partial charge in [0.2, 0.25) is 11.8 Å². The van der Waals surface area contributed by atoms with E-state index in [1.165, 1.54) is 0 Å². The van der Waals surface area contributed by atoms with E-state index in [2.05, 4.69) is 5.32 Å². The number of amides is 2. The Morgan fingerprint density at radius 1 is 1.08 bits per heavy atom. The van der Waals surface area contributed by atoms with Crippen LogP contribution in [0.3, 0.4) is 0 Å². The number of rotatable bonds is 7. The van der Waals surface area contributed by atoms with Crippen molar-refractivity contribution in [1.29, 1.82) is 0 Å². The van der Waals surface area contributed by atoms with Crippen molar-refractivity contribution in [3.05, 3.63) is 0 Å². The van der Waals surface area contributed by atoms with Gasteiger partial charge in [0.15, 0.2) is 5.78 Å². The standard InChI is InChI=1S/C19H35N3O3/c1-12(2)11-14(20)16(24)21-13(3)15(23)18(4)9-8-10-19(18,5)17(25)22(6)7/h12-14H,8-11,20H2,1-7H3,(H,21,24)/t13-,14+,18?,19?/m1/s1. The van der Waals surface area contributed by atoms with Crippen LogP contribution in [0.15, 0.2) is 0 Å². The van der Waals surface area contributed by atoms with Crippen molar-refractivity contribution in [3.8, 4) is 0 Å². The molecule has 1 aliphatic rings. The Bertz CT molecular complexity index is 532. The first-order valence-corrected chi connectivity index (χ1v) is 9.19. The molecule has 4 atom stereocenters. The lowest BCUT2D eigenvalue weighted by molar-refractivity contribution is -0.152. The third kappa shape index (κ3) is 4.22. The smallest absolute Gasteiger partial charge is 0.237 e. The summed E-state index contributed by atoms with van der Waals surface area (Å²) in [5.74, 6) is -0.124. The molecule has 6 heteroatoms. The number of hydrogen-bond donors (Lipinski definition) is 2. The number of carbonyl (C=O) groups excluding carboxylic acids is 3. The first-order chi connectivity index (χ1) is 11.4. The zero-order valence-electron chi connectivity index (χ0n) is 16.8. The van der Waals surface area contributed by atoms with E-state index in [0.29, 0.717) is 25.2 Å². The highest BCUT2D eigenvalue weighted by Gasteiger charge is 2.58. The van der Waals surface area contributed by atoms with Crippen LogP contribution < -0.4 is 11.1 Å². The molecule has 1 rings (SSSR count). The summed E-state index contributed by atoms with van der Waals surface area (Å²) < 4.78 is 0. The van der Waals surface area contributed by atoms with Crippen molar-refractivity contribution in [2.45, 2.75) is 72.4 Å². The molecule has 6 nitrogen and oxygen atoms in total. The number of hydrogen-bond acceptors (Lipinski definition) is 4.